The minimum atomic E-state index is -0.779. The van der Waals surface area contributed by atoms with E-state index in [2.05, 4.69) is 10.3 Å². The van der Waals surface area contributed by atoms with Crippen LogP contribution in [0.2, 0.25) is 0 Å². The third kappa shape index (κ3) is 4.08. The summed E-state index contributed by atoms with van der Waals surface area (Å²) in [5.41, 5.74) is 0.635. The SMILES string of the molecule is Cc1nc(C2CC2)oc1C(=O)NCCCCCC(=O)O. The van der Waals surface area contributed by atoms with E-state index in [1.807, 2.05) is 0 Å². The van der Waals surface area contributed by atoms with E-state index in [0.717, 1.165) is 25.7 Å². The van der Waals surface area contributed by atoms with E-state index in [9.17, 15) is 9.59 Å². The van der Waals surface area contributed by atoms with Crippen LogP contribution in [0, 0.1) is 6.92 Å². The van der Waals surface area contributed by atoms with Crippen molar-refractivity contribution in [3.05, 3.63) is 17.3 Å². The fourth-order valence-corrected chi connectivity index (χ4v) is 1.99. The number of oxazole rings is 1. The number of hydrogen-bond donors (Lipinski definition) is 2. The Bertz CT molecular complexity index is 491. The Morgan fingerprint density at radius 1 is 1.35 bits per heavy atom. The molecular weight excluding hydrogens is 260 g/mol. The molecule has 1 aliphatic carbocycles. The molecule has 1 fully saturated rings. The van der Waals surface area contributed by atoms with Crippen LogP contribution in [0.1, 0.15) is 66.6 Å². The molecule has 0 aromatic carbocycles. The van der Waals surface area contributed by atoms with Crippen LogP contribution in [0.25, 0.3) is 0 Å². The summed E-state index contributed by atoms with van der Waals surface area (Å²) in [6, 6.07) is 0. The van der Waals surface area contributed by atoms with Crippen molar-refractivity contribution in [2.24, 2.45) is 0 Å². The lowest BCUT2D eigenvalue weighted by Gasteiger charge is -2.03. The smallest absolute Gasteiger partial charge is 0.303 e. The highest BCUT2D eigenvalue weighted by Gasteiger charge is 2.30. The van der Waals surface area contributed by atoms with E-state index in [-0.39, 0.29) is 12.3 Å². The number of amides is 1. The van der Waals surface area contributed by atoms with Crippen LogP contribution < -0.4 is 5.32 Å². The summed E-state index contributed by atoms with van der Waals surface area (Å²) in [6.07, 6.45) is 4.55. The summed E-state index contributed by atoms with van der Waals surface area (Å²) in [5, 5.41) is 11.3. The topological polar surface area (TPSA) is 92.4 Å². The maximum atomic E-state index is 11.9. The summed E-state index contributed by atoms with van der Waals surface area (Å²) < 4.78 is 5.51. The Morgan fingerprint density at radius 3 is 2.75 bits per heavy atom. The molecule has 0 aliphatic heterocycles. The molecule has 1 amide bonds. The molecule has 20 heavy (non-hydrogen) atoms. The number of aliphatic carboxylic acids is 1. The van der Waals surface area contributed by atoms with Gasteiger partial charge in [-0.25, -0.2) is 4.98 Å². The Balaban J connectivity index is 1.70. The zero-order valence-electron chi connectivity index (χ0n) is 11.6. The average molecular weight is 280 g/mol. The molecule has 0 saturated heterocycles. The van der Waals surface area contributed by atoms with E-state index < -0.39 is 5.97 Å². The number of carboxylic acid groups (broad SMARTS) is 1. The number of aromatic nitrogens is 1. The minimum Gasteiger partial charge on any atom is -0.481 e. The summed E-state index contributed by atoms with van der Waals surface area (Å²) in [4.78, 5) is 26.5. The second kappa shape index (κ2) is 6.54. The minimum absolute atomic E-state index is 0.180. The average Bonchev–Trinajstić information content (AvgIpc) is 3.16. The van der Waals surface area contributed by atoms with E-state index in [4.69, 9.17) is 9.52 Å². The number of nitrogens with zero attached hydrogens (tertiary/aromatic N) is 1. The van der Waals surface area contributed by atoms with Crippen molar-refractivity contribution in [1.29, 1.82) is 0 Å². The quantitative estimate of drug-likeness (QED) is 0.712. The molecule has 6 heteroatoms. The lowest BCUT2D eigenvalue weighted by Crippen LogP contribution is -2.24. The summed E-state index contributed by atoms with van der Waals surface area (Å²) >= 11 is 0. The zero-order valence-corrected chi connectivity index (χ0v) is 11.6. The number of carbonyl (C=O) groups is 2. The van der Waals surface area contributed by atoms with Gasteiger partial charge in [-0.05, 0) is 32.6 Å². The van der Waals surface area contributed by atoms with Gasteiger partial charge in [0.2, 0.25) is 5.76 Å². The van der Waals surface area contributed by atoms with Gasteiger partial charge in [0.1, 0.15) is 0 Å². The highest BCUT2D eigenvalue weighted by Crippen LogP contribution is 2.39. The Kier molecular flexibility index (Phi) is 4.76. The second-order valence-corrected chi connectivity index (χ2v) is 5.20. The van der Waals surface area contributed by atoms with E-state index in [0.29, 0.717) is 36.2 Å². The van der Waals surface area contributed by atoms with Gasteiger partial charge >= 0.3 is 5.97 Å². The summed E-state index contributed by atoms with van der Waals surface area (Å²) in [5.74, 6) is 0.358. The standard InChI is InChI=1S/C14H20N2O4/c1-9-12(20-14(16-9)10-6-7-10)13(19)15-8-4-2-3-5-11(17)18/h10H,2-8H2,1H3,(H,15,19)(H,17,18). The highest BCUT2D eigenvalue weighted by molar-refractivity contribution is 5.92. The van der Waals surface area contributed by atoms with E-state index in [1.54, 1.807) is 6.92 Å². The molecule has 2 N–H and O–H groups in total. The largest absolute Gasteiger partial charge is 0.481 e. The van der Waals surface area contributed by atoms with E-state index in [1.165, 1.54) is 0 Å². The maximum absolute atomic E-state index is 11.9. The first-order chi connectivity index (χ1) is 9.58. The van der Waals surface area contributed by atoms with E-state index >= 15 is 0 Å². The van der Waals surface area contributed by atoms with Crippen molar-refractivity contribution in [2.45, 2.75) is 51.4 Å². The summed E-state index contributed by atoms with van der Waals surface area (Å²) in [6.45, 7) is 2.30. The normalized spacial score (nSPS) is 14.2. The molecule has 0 radical (unpaired) electrons. The van der Waals surface area contributed by atoms with Gasteiger partial charge in [-0.1, -0.05) is 6.42 Å². The molecule has 2 rings (SSSR count). The number of carboxylic acids is 1. The fourth-order valence-electron chi connectivity index (χ4n) is 1.99. The number of hydrogen-bond acceptors (Lipinski definition) is 4. The van der Waals surface area contributed by atoms with Crippen molar-refractivity contribution in [1.82, 2.24) is 10.3 Å². The van der Waals surface area contributed by atoms with Crippen LogP contribution in [0.4, 0.5) is 0 Å². The lowest BCUT2D eigenvalue weighted by molar-refractivity contribution is -0.137. The predicted molar refractivity (Wildman–Crippen MR) is 71.7 cm³/mol. The molecule has 1 heterocycles. The number of rotatable bonds is 8. The number of nitrogens with one attached hydrogen (secondary N) is 1. The monoisotopic (exact) mass is 280 g/mol. The molecular formula is C14H20N2O4. The van der Waals surface area contributed by atoms with Crippen molar-refractivity contribution in [3.63, 3.8) is 0 Å². The third-order valence-electron chi connectivity index (χ3n) is 3.30. The van der Waals surface area contributed by atoms with Crippen molar-refractivity contribution < 1.29 is 19.1 Å². The van der Waals surface area contributed by atoms with Crippen LogP contribution >= 0.6 is 0 Å². The first kappa shape index (κ1) is 14.6. The Morgan fingerprint density at radius 2 is 2.10 bits per heavy atom. The van der Waals surface area contributed by atoms with Gasteiger partial charge in [-0.3, -0.25) is 9.59 Å². The fraction of sp³-hybridized carbons (Fsp3) is 0.643. The van der Waals surface area contributed by atoms with Gasteiger partial charge in [0, 0.05) is 18.9 Å². The Labute approximate surface area is 117 Å². The molecule has 1 aliphatic rings. The first-order valence-electron chi connectivity index (χ1n) is 7.05. The maximum Gasteiger partial charge on any atom is 0.303 e. The number of aryl methyl sites for hydroxylation is 1. The van der Waals surface area contributed by atoms with Gasteiger partial charge in [-0.15, -0.1) is 0 Å². The Hall–Kier alpha value is -1.85. The van der Waals surface area contributed by atoms with Crippen LogP contribution in [0.3, 0.4) is 0 Å². The van der Waals surface area contributed by atoms with Crippen molar-refractivity contribution in [2.75, 3.05) is 6.54 Å². The lowest BCUT2D eigenvalue weighted by atomic mass is 10.2. The zero-order chi connectivity index (χ0) is 14.5. The molecule has 0 atom stereocenters. The molecule has 1 saturated carbocycles. The summed E-state index contributed by atoms with van der Waals surface area (Å²) in [7, 11) is 0. The molecule has 0 bridgehead atoms. The van der Waals surface area contributed by atoms with Crippen LogP contribution in [-0.4, -0.2) is 28.5 Å². The first-order valence-corrected chi connectivity index (χ1v) is 7.05. The van der Waals surface area contributed by atoms with Crippen LogP contribution in [0.5, 0.6) is 0 Å². The number of carbonyl (C=O) groups excluding carboxylic acids is 1. The van der Waals surface area contributed by atoms with Gasteiger partial charge in [0.15, 0.2) is 5.89 Å². The molecule has 1 aromatic heterocycles. The van der Waals surface area contributed by atoms with Gasteiger partial charge in [0.25, 0.3) is 5.91 Å². The molecule has 1 aromatic rings. The van der Waals surface area contributed by atoms with Crippen LogP contribution in [0.15, 0.2) is 4.42 Å². The van der Waals surface area contributed by atoms with Crippen molar-refractivity contribution >= 4 is 11.9 Å². The third-order valence-corrected chi connectivity index (χ3v) is 3.30. The van der Waals surface area contributed by atoms with Crippen LogP contribution in [-0.2, 0) is 4.79 Å². The van der Waals surface area contributed by atoms with Gasteiger partial charge in [0.05, 0.1) is 5.69 Å². The molecule has 0 spiro atoms. The molecule has 6 nitrogen and oxygen atoms in total. The molecule has 0 unspecified atom stereocenters. The molecule has 110 valence electrons. The predicted octanol–water partition coefficient (Wildman–Crippen LogP) is 2.24. The highest BCUT2D eigenvalue weighted by atomic mass is 16.4. The second-order valence-electron chi connectivity index (χ2n) is 5.20. The number of unbranched alkanes of at least 4 members (excludes halogenated alkanes) is 2. The van der Waals surface area contributed by atoms with Crippen molar-refractivity contribution in [3.8, 4) is 0 Å². The van der Waals surface area contributed by atoms with Gasteiger partial charge in [-0.2, -0.15) is 0 Å². The van der Waals surface area contributed by atoms with Gasteiger partial charge < -0.3 is 14.8 Å².